The van der Waals surface area contributed by atoms with E-state index in [-0.39, 0.29) is 0 Å². The van der Waals surface area contributed by atoms with Gasteiger partial charge in [-0.15, -0.1) is 0 Å². The highest BCUT2D eigenvalue weighted by Crippen LogP contribution is 2.14. The van der Waals surface area contributed by atoms with Gasteiger partial charge in [-0.1, -0.05) is 52.2 Å². The molecule has 0 amide bonds. The molecule has 0 aliphatic carbocycles. The molecule has 0 heteroatoms. The monoisotopic (exact) mass is 154 g/mol. The average Bonchev–Trinajstić information content (AvgIpc) is 2.03. The third-order valence-electron chi connectivity index (χ3n) is 2.19. The molecule has 0 heterocycles. The molecule has 66 valence electrons. The predicted molar refractivity (Wildman–Crippen MR) is 52.7 cm³/mol. The minimum Gasteiger partial charge on any atom is -0.0825 e. The van der Waals surface area contributed by atoms with Crippen molar-refractivity contribution in [2.75, 3.05) is 0 Å². The fourth-order valence-electron chi connectivity index (χ4n) is 1.22. The summed E-state index contributed by atoms with van der Waals surface area (Å²) in [6.45, 7) is 9.05. The SMILES string of the molecule is CCCC(=CC(C)CC)CC. The normalized spacial score (nSPS) is 15.1. The molecular weight excluding hydrogens is 132 g/mol. The highest BCUT2D eigenvalue weighted by atomic mass is 14.0. The second-order valence-corrected chi connectivity index (χ2v) is 3.31. The maximum Gasteiger partial charge on any atom is -0.0262 e. The average molecular weight is 154 g/mol. The third kappa shape index (κ3) is 5.06. The van der Waals surface area contributed by atoms with Gasteiger partial charge in [0.2, 0.25) is 0 Å². The number of rotatable bonds is 5. The molecule has 1 atom stereocenters. The largest absolute Gasteiger partial charge is 0.0825 e. The second kappa shape index (κ2) is 6.45. The molecule has 0 spiro atoms. The van der Waals surface area contributed by atoms with Gasteiger partial charge in [0.25, 0.3) is 0 Å². The van der Waals surface area contributed by atoms with E-state index in [2.05, 4.69) is 33.8 Å². The summed E-state index contributed by atoms with van der Waals surface area (Å²) in [6, 6.07) is 0. The van der Waals surface area contributed by atoms with E-state index in [9.17, 15) is 0 Å². The van der Waals surface area contributed by atoms with Gasteiger partial charge in [-0.25, -0.2) is 0 Å². The van der Waals surface area contributed by atoms with E-state index in [1.165, 1.54) is 25.7 Å². The van der Waals surface area contributed by atoms with Crippen LogP contribution in [0, 0.1) is 5.92 Å². The smallest absolute Gasteiger partial charge is 0.0262 e. The van der Waals surface area contributed by atoms with Crippen LogP contribution < -0.4 is 0 Å². The van der Waals surface area contributed by atoms with E-state index in [1.807, 2.05) is 0 Å². The molecule has 0 rings (SSSR count). The van der Waals surface area contributed by atoms with Gasteiger partial charge in [-0.2, -0.15) is 0 Å². The van der Waals surface area contributed by atoms with Crippen molar-refractivity contribution in [2.24, 2.45) is 5.92 Å². The van der Waals surface area contributed by atoms with Crippen molar-refractivity contribution in [1.82, 2.24) is 0 Å². The van der Waals surface area contributed by atoms with Crippen LogP contribution >= 0.6 is 0 Å². The zero-order chi connectivity index (χ0) is 8.69. The molecule has 0 aromatic rings. The molecule has 0 saturated carbocycles. The van der Waals surface area contributed by atoms with E-state index in [1.54, 1.807) is 5.57 Å². The first-order chi connectivity index (χ1) is 5.24. The number of hydrogen-bond acceptors (Lipinski definition) is 0. The predicted octanol–water partition coefficient (Wildman–Crippen LogP) is 4.17. The fraction of sp³-hybridized carbons (Fsp3) is 0.818. The van der Waals surface area contributed by atoms with Crippen LogP contribution in [-0.4, -0.2) is 0 Å². The Morgan fingerprint density at radius 3 is 2.27 bits per heavy atom. The van der Waals surface area contributed by atoms with Crippen molar-refractivity contribution in [3.63, 3.8) is 0 Å². The summed E-state index contributed by atoms with van der Waals surface area (Å²) in [5.41, 5.74) is 1.64. The van der Waals surface area contributed by atoms with Gasteiger partial charge in [-0.3, -0.25) is 0 Å². The summed E-state index contributed by atoms with van der Waals surface area (Å²) in [6.07, 6.45) is 7.53. The third-order valence-corrected chi connectivity index (χ3v) is 2.19. The molecule has 0 fully saturated rings. The van der Waals surface area contributed by atoms with Crippen molar-refractivity contribution in [3.05, 3.63) is 11.6 Å². The Bertz CT molecular complexity index is 111. The van der Waals surface area contributed by atoms with Gasteiger partial charge >= 0.3 is 0 Å². The number of allylic oxidation sites excluding steroid dienone is 2. The molecule has 0 N–H and O–H groups in total. The van der Waals surface area contributed by atoms with Crippen LogP contribution in [0.5, 0.6) is 0 Å². The van der Waals surface area contributed by atoms with E-state index >= 15 is 0 Å². The van der Waals surface area contributed by atoms with Crippen LogP contribution in [0.3, 0.4) is 0 Å². The maximum absolute atomic E-state index is 2.45. The lowest BCUT2D eigenvalue weighted by molar-refractivity contribution is 0.680. The van der Waals surface area contributed by atoms with Crippen molar-refractivity contribution in [2.45, 2.75) is 53.4 Å². The molecular formula is C11H22. The lowest BCUT2D eigenvalue weighted by Gasteiger charge is -2.06. The van der Waals surface area contributed by atoms with Crippen LogP contribution in [0.2, 0.25) is 0 Å². The Hall–Kier alpha value is -0.260. The summed E-state index contributed by atoms with van der Waals surface area (Å²) < 4.78 is 0. The summed E-state index contributed by atoms with van der Waals surface area (Å²) in [5.74, 6) is 0.775. The Balaban J connectivity index is 3.88. The molecule has 0 aliphatic heterocycles. The van der Waals surface area contributed by atoms with E-state index < -0.39 is 0 Å². The highest BCUT2D eigenvalue weighted by molar-refractivity contribution is 5.02. The number of hydrogen-bond donors (Lipinski definition) is 0. The molecule has 0 nitrogen and oxygen atoms in total. The van der Waals surface area contributed by atoms with Crippen LogP contribution in [0.4, 0.5) is 0 Å². The van der Waals surface area contributed by atoms with Gasteiger partial charge in [0.15, 0.2) is 0 Å². The summed E-state index contributed by atoms with van der Waals surface area (Å²) in [5, 5.41) is 0. The van der Waals surface area contributed by atoms with Gasteiger partial charge in [0, 0.05) is 0 Å². The summed E-state index contributed by atoms with van der Waals surface area (Å²) >= 11 is 0. The zero-order valence-electron chi connectivity index (χ0n) is 8.48. The Morgan fingerprint density at radius 2 is 1.91 bits per heavy atom. The standard InChI is InChI=1S/C11H22/c1-5-8-11(7-3)9-10(4)6-2/h9-10H,5-8H2,1-4H3. The molecule has 1 unspecified atom stereocenters. The molecule has 0 aromatic heterocycles. The van der Waals surface area contributed by atoms with Crippen molar-refractivity contribution >= 4 is 0 Å². The Kier molecular flexibility index (Phi) is 6.30. The fourth-order valence-corrected chi connectivity index (χ4v) is 1.22. The van der Waals surface area contributed by atoms with Crippen LogP contribution in [-0.2, 0) is 0 Å². The topological polar surface area (TPSA) is 0 Å². The quantitative estimate of drug-likeness (QED) is 0.521. The van der Waals surface area contributed by atoms with Crippen LogP contribution in [0.25, 0.3) is 0 Å². The van der Waals surface area contributed by atoms with Crippen molar-refractivity contribution in [3.8, 4) is 0 Å². The molecule has 0 aromatic carbocycles. The zero-order valence-corrected chi connectivity index (χ0v) is 8.48. The van der Waals surface area contributed by atoms with Crippen LogP contribution in [0.15, 0.2) is 11.6 Å². The Labute approximate surface area is 71.7 Å². The molecule has 0 aliphatic rings. The lowest BCUT2D eigenvalue weighted by atomic mass is 10.0. The van der Waals surface area contributed by atoms with Gasteiger partial charge < -0.3 is 0 Å². The highest BCUT2D eigenvalue weighted by Gasteiger charge is 1.96. The van der Waals surface area contributed by atoms with E-state index in [0.29, 0.717) is 0 Å². The molecule has 0 radical (unpaired) electrons. The summed E-state index contributed by atoms with van der Waals surface area (Å²) in [4.78, 5) is 0. The molecule has 0 bridgehead atoms. The van der Waals surface area contributed by atoms with E-state index in [4.69, 9.17) is 0 Å². The van der Waals surface area contributed by atoms with Gasteiger partial charge in [0.1, 0.15) is 0 Å². The van der Waals surface area contributed by atoms with E-state index in [0.717, 1.165) is 5.92 Å². The van der Waals surface area contributed by atoms with Crippen molar-refractivity contribution < 1.29 is 0 Å². The molecule has 11 heavy (non-hydrogen) atoms. The lowest BCUT2D eigenvalue weighted by Crippen LogP contribution is -1.89. The second-order valence-electron chi connectivity index (χ2n) is 3.31. The van der Waals surface area contributed by atoms with Crippen molar-refractivity contribution in [1.29, 1.82) is 0 Å². The van der Waals surface area contributed by atoms with Crippen LogP contribution in [0.1, 0.15) is 53.4 Å². The maximum atomic E-state index is 2.45. The first kappa shape index (κ1) is 10.7. The minimum atomic E-state index is 0.775. The first-order valence-corrected chi connectivity index (χ1v) is 4.94. The summed E-state index contributed by atoms with van der Waals surface area (Å²) in [7, 11) is 0. The Morgan fingerprint density at radius 1 is 1.27 bits per heavy atom. The molecule has 0 saturated heterocycles. The minimum absolute atomic E-state index is 0.775. The van der Waals surface area contributed by atoms with Gasteiger partial charge in [0.05, 0.1) is 0 Å². The van der Waals surface area contributed by atoms with Gasteiger partial charge in [-0.05, 0) is 18.8 Å². The first-order valence-electron chi connectivity index (χ1n) is 4.94.